The number of aromatic amines is 1. The minimum absolute atomic E-state index is 0.117. The first-order valence-electron chi connectivity index (χ1n) is 8.33. The summed E-state index contributed by atoms with van der Waals surface area (Å²) < 4.78 is 5.90. The largest absolute Gasteiger partial charge is 0.493 e. The van der Waals surface area contributed by atoms with Gasteiger partial charge in [-0.25, -0.2) is 4.98 Å². The number of nitrogens with zero attached hydrogens (tertiary/aromatic N) is 1. The molecule has 0 fully saturated rings. The molecule has 0 saturated carbocycles. The monoisotopic (exact) mass is 322 g/mol. The van der Waals surface area contributed by atoms with Crippen molar-refractivity contribution >= 4 is 10.9 Å². The number of H-pyrrole nitrogens is 1. The van der Waals surface area contributed by atoms with Crippen molar-refractivity contribution in [3.8, 4) is 17.1 Å². The van der Waals surface area contributed by atoms with Gasteiger partial charge in [0.25, 0.3) is 5.56 Å². The second-order valence-corrected chi connectivity index (χ2v) is 6.07. The lowest BCUT2D eigenvalue weighted by molar-refractivity contribution is 0.305. The van der Waals surface area contributed by atoms with Crippen LogP contribution in [0, 0.1) is 13.8 Å². The summed E-state index contributed by atoms with van der Waals surface area (Å²) in [7, 11) is 0. The molecule has 124 valence electrons. The first-order chi connectivity index (χ1) is 11.6. The number of fused-ring (bicyclic) bond motifs is 1. The summed E-state index contributed by atoms with van der Waals surface area (Å²) in [5.41, 5.74) is 3.59. The SMILES string of the molecule is CCCCOc1c(C)cc(-c2nc3ccccc3c(=O)[nH]2)cc1C. The number of ether oxygens (including phenoxy) is 1. The minimum Gasteiger partial charge on any atom is -0.493 e. The second kappa shape index (κ2) is 6.87. The lowest BCUT2D eigenvalue weighted by Crippen LogP contribution is -2.09. The van der Waals surface area contributed by atoms with E-state index in [-0.39, 0.29) is 5.56 Å². The van der Waals surface area contributed by atoms with Gasteiger partial charge < -0.3 is 9.72 Å². The van der Waals surface area contributed by atoms with Crippen LogP contribution in [0.3, 0.4) is 0 Å². The maximum atomic E-state index is 12.3. The summed E-state index contributed by atoms with van der Waals surface area (Å²) in [6.07, 6.45) is 2.15. The fourth-order valence-electron chi connectivity index (χ4n) is 2.86. The maximum absolute atomic E-state index is 12.3. The van der Waals surface area contributed by atoms with Gasteiger partial charge >= 0.3 is 0 Å². The number of benzene rings is 2. The van der Waals surface area contributed by atoms with Crippen LogP contribution in [0.25, 0.3) is 22.3 Å². The van der Waals surface area contributed by atoms with Crippen LogP contribution in [-0.4, -0.2) is 16.6 Å². The van der Waals surface area contributed by atoms with Gasteiger partial charge in [0.05, 0.1) is 17.5 Å². The average molecular weight is 322 g/mol. The van der Waals surface area contributed by atoms with E-state index in [0.29, 0.717) is 16.7 Å². The Kier molecular flexibility index (Phi) is 4.65. The molecule has 0 spiro atoms. The molecule has 0 saturated heterocycles. The molecule has 0 radical (unpaired) electrons. The quantitative estimate of drug-likeness (QED) is 0.709. The summed E-state index contributed by atoms with van der Waals surface area (Å²) in [5, 5.41) is 0.606. The van der Waals surface area contributed by atoms with E-state index in [2.05, 4.69) is 16.9 Å². The highest BCUT2D eigenvalue weighted by atomic mass is 16.5. The number of aryl methyl sites for hydroxylation is 2. The third-order valence-electron chi connectivity index (χ3n) is 4.09. The molecule has 0 amide bonds. The molecule has 4 heteroatoms. The second-order valence-electron chi connectivity index (χ2n) is 6.07. The highest BCUT2D eigenvalue weighted by Crippen LogP contribution is 2.29. The Morgan fingerprint density at radius 2 is 1.83 bits per heavy atom. The molecule has 4 nitrogen and oxygen atoms in total. The Morgan fingerprint density at radius 1 is 1.12 bits per heavy atom. The smallest absolute Gasteiger partial charge is 0.259 e. The molecule has 0 aliphatic carbocycles. The van der Waals surface area contributed by atoms with Crippen molar-refractivity contribution in [3.05, 3.63) is 57.9 Å². The topological polar surface area (TPSA) is 55.0 Å². The predicted octanol–water partition coefficient (Wildman–Crippen LogP) is 4.39. The fourth-order valence-corrected chi connectivity index (χ4v) is 2.86. The zero-order valence-corrected chi connectivity index (χ0v) is 14.3. The van der Waals surface area contributed by atoms with Crippen molar-refractivity contribution in [2.24, 2.45) is 0 Å². The molecule has 0 aliphatic rings. The lowest BCUT2D eigenvalue weighted by atomic mass is 10.0. The molecule has 1 heterocycles. The first-order valence-corrected chi connectivity index (χ1v) is 8.33. The van der Waals surface area contributed by atoms with Gasteiger partial charge in [-0.15, -0.1) is 0 Å². The van der Waals surface area contributed by atoms with E-state index >= 15 is 0 Å². The van der Waals surface area contributed by atoms with Crippen LogP contribution < -0.4 is 10.3 Å². The molecule has 0 aliphatic heterocycles. The van der Waals surface area contributed by atoms with Crippen molar-refractivity contribution in [1.29, 1.82) is 0 Å². The number of para-hydroxylation sites is 1. The highest BCUT2D eigenvalue weighted by Gasteiger charge is 2.11. The Bertz CT molecular complexity index is 905. The fraction of sp³-hybridized carbons (Fsp3) is 0.300. The van der Waals surface area contributed by atoms with Crippen molar-refractivity contribution < 1.29 is 4.74 Å². The van der Waals surface area contributed by atoms with Gasteiger partial charge in [0.2, 0.25) is 0 Å². The van der Waals surface area contributed by atoms with Crippen LogP contribution in [0.15, 0.2) is 41.2 Å². The number of aromatic nitrogens is 2. The van der Waals surface area contributed by atoms with Gasteiger partial charge in [-0.1, -0.05) is 25.5 Å². The van der Waals surface area contributed by atoms with Gasteiger partial charge in [0.1, 0.15) is 11.6 Å². The maximum Gasteiger partial charge on any atom is 0.259 e. The Balaban J connectivity index is 2.02. The van der Waals surface area contributed by atoms with Crippen LogP contribution in [0.5, 0.6) is 5.75 Å². The van der Waals surface area contributed by atoms with Crippen molar-refractivity contribution in [1.82, 2.24) is 9.97 Å². The number of hydrogen-bond donors (Lipinski definition) is 1. The Hall–Kier alpha value is -2.62. The lowest BCUT2D eigenvalue weighted by Gasteiger charge is -2.14. The Morgan fingerprint density at radius 3 is 2.54 bits per heavy atom. The number of hydrogen-bond acceptors (Lipinski definition) is 3. The molecule has 0 bridgehead atoms. The predicted molar refractivity (Wildman–Crippen MR) is 97.7 cm³/mol. The number of nitrogens with one attached hydrogen (secondary N) is 1. The molecule has 0 unspecified atom stereocenters. The van der Waals surface area contributed by atoms with Gasteiger partial charge in [-0.3, -0.25) is 4.79 Å². The van der Waals surface area contributed by atoms with Gasteiger partial charge in [-0.05, 0) is 55.7 Å². The normalized spacial score (nSPS) is 11.0. The van der Waals surface area contributed by atoms with Crippen LogP contribution in [0.1, 0.15) is 30.9 Å². The number of rotatable bonds is 5. The molecule has 3 aromatic rings. The minimum atomic E-state index is -0.117. The van der Waals surface area contributed by atoms with Crippen LogP contribution >= 0.6 is 0 Å². The standard InChI is InChI=1S/C20H22N2O2/c1-4-5-10-24-18-13(2)11-15(12-14(18)3)19-21-17-9-7-6-8-16(17)20(23)22-19/h6-9,11-12H,4-5,10H2,1-3H3,(H,21,22,23). The van der Waals surface area contributed by atoms with E-state index in [1.54, 1.807) is 6.07 Å². The van der Waals surface area contributed by atoms with E-state index in [1.165, 1.54) is 0 Å². The summed E-state index contributed by atoms with van der Waals surface area (Å²) in [4.78, 5) is 19.7. The van der Waals surface area contributed by atoms with Gasteiger partial charge in [-0.2, -0.15) is 0 Å². The summed E-state index contributed by atoms with van der Waals surface area (Å²) >= 11 is 0. The highest BCUT2D eigenvalue weighted by molar-refractivity contribution is 5.79. The molecule has 24 heavy (non-hydrogen) atoms. The molecule has 2 aromatic carbocycles. The Labute approximate surface area is 141 Å². The third-order valence-corrected chi connectivity index (χ3v) is 4.09. The number of unbranched alkanes of at least 4 members (excludes halogenated alkanes) is 1. The van der Waals surface area contributed by atoms with Crippen molar-refractivity contribution in [2.45, 2.75) is 33.6 Å². The summed E-state index contributed by atoms with van der Waals surface area (Å²) in [5.74, 6) is 1.51. The van der Waals surface area contributed by atoms with Crippen molar-refractivity contribution in [2.75, 3.05) is 6.61 Å². The molecule has 0 atom stereocenters. The van der Waals surface area contributed by atoms with E-state index in [4.69, 9.17) is 4.74 Å². The van der Waals surface area contributed by atoms with Crippen molar-refractivity contribution in [3.63, 3.8) is 0 Å². The van der Waals surface area contributed by atoms with Crippen LogP contribution in [0.2, 0.25) is 0 Å². The zero-order valence-electron chi connectivity index (χ0n) is 14.3. The van der Waals surface area contributed by atoms with E-state index < -0.39 is 0 Å². The summed E-state index contributed by atoms with van der Waals surface area (Å²) in [6.45, 7) is 6.92. The first kappa shape index (κ1) is 16.2. The average Bonchev–Trinajstić information content (AvgIpc) is 2.57. The molecule has 1 N–H and O–H groups in total. The zero-order chi connectivity index (χ0) is 17.1. The van der Waals surface area contributed by atoms with Crippen LogP contribution in [-0.2, 0) is 0 Å². The van der Waals surface area contributed by atoms with E-state index in [9.17, 15) is 4.79 Å². The third kappa shape index (κ3) is 3.18. The molecular formula is C20H22N2O2. The summed E-state index contributed by atoms with van der Waals surface area (Å²) in [6, 6.07) is 11.4. The van der Waals surface area contributed by atoms with Gasteiger partial charge in [0.15, 0.2) is 0 Å². The van der Waals surface area contributed by atoms with Gasteiger partial charge in [0, 0.05) is 5.56 Å². The molecular weight excluding hydrogens is 300 g/mol. The van der Waals surface area contributed by atoms with Crippen LogP contribution in [0.4, 0.5) is 0 Å². The van der Waals surface area contributed by atoms with E-state index in [1.807, 2.05) is 44.2 Å². The van der Waals surface area contributed by atoms with E-state index in [0.717, 1.165) is 41.9 Å². The molecule has 3 rings (SSSR count). The molecule has 1 aromatic heterocycles.